The number of hydrogen-bond donors (Lipinski definition) is 2. The molecule has 1 rings (SSSR count). The summed E-state index contributed by atoms with van der Waals surface area (Å²) in [4.78, 5) is 11.7. The lowest BCUT2D eigenvalue weighted by Crippen LogP contribution is -2.39. The lowest BCUT2D eigenvalue weighted by molar-refractivity contribution is -0.122. The van der Waals surface area contributed by atoms with Crippen molar-refractivity contribution in [2.45, 2.75) is 71.4 Å². The van der Waals surface area contributed by atoms with Crippen LogP contribution in [0.3, 0.4) is 0 Å². The van der Waals surface area contributed by atoms with Gasteiger partial charge in [-0.3, -0.25) is 4.79 Å². The zero-order chi connectivity index (χ0) is 12.8. The summed E-state index contributed by atoms with van der Waals surface area (Å²) in [5, 5.41) is 3.16. The fourth-order valence-electron chi connectivity index (χ4n) is 2.62. The Morgan fingerprint density at radius 2 is 2.06 bits per heavy atom. The topological polar surface area (TPSA) is 55.1 Å². The van der Waals surface area contributed by atoms with E-state index in [0.29, 0.717) is 12.5 Å². The van der Waals surface area contributed by atoms with Crippen LogP contribution in [0.1, 0.15) is 59.3 Å². The predicted octanol–water partition coefficient (Wildman–Crippen LogP) is 2.44. The second-order valence-electron chi connectivity index (χ2n) is 5.95. The van der Waals surface area contributed by atoms with Crippen molar-refractivity contribution in [2.24, 2.45) is 17.6 Å². The summed E-state index contributed by atoms with van der Waals surface area (Å²) in [6, 6.07) is 0.521. The van der Waals surface area contributed by atoms with Gasteiger partial charge < -0.3 is 11.1 Å². The fraction of sp³-hybridized carbons (Fsp3) is 0.929. The molecule has 1 fully saturated rings. The lowest BCUT2D eigenvalue weighted by atomic mass is 9.79. The van der Waals surface area contributed by atoms with Crippen LogP contribution in [-0.4, -0.2) is 18.0 Å². The molecule has 1 aliphatic carbocycles. The van der Waals surface area contributed by atoms with Crippen molar-refractivity contribution in [3.63, 3.8) is 0 Å². The van der Waals surface area contributed by atoms with E-state index in [1.807, 2.05) is 6.92 Å². The van der Waals surface area contributed by atoms with Crippen molar-refractivity contribution in [3.8, 4) is 0 Å². The Balaban J connectivity index is 2.28. The van der Waals surface area contributed by atoms with Gasteiger partial charge in [0.15, 0.2) is 0 Å². The first-order valence-electron chi connectivity index (χ1n) is 7.04. The fourth-order valence-corrected chi connectivity index (χ4v) is 2.62. The first-order valence-corrected chi connectivity index (χ1v) is 7.04. The van der Waals surface area contributed by atoms with Crippen LogP contribution >= 0.6 is 0 Å². The Morgan fingerprint density at radius 1 is 1.35 bits per heavy atom. The molecule has 3 N–H and O–H groups in total. The maximum absolute atomic E-state index is 11.7. The van der Waals surface area contributed by atoms with E-state index < -0.39 is 0 Å². The van der Waals surface area contributed by atoms with Crippen molar-refractivity contribution in [2.75, 3.05) is 0 Å². The third kappa shape index (κ3) is 5.53. The molecule has 1 aliphatic rings. The summed E-state index contributed by atoms with van der Waals surface area (Å²) < 4.78 is 0. The van der Waals surface area contributed by atoms with Gasteiger partial charge in [0, 0.05) is 18.5 Å². The molecule has 3 heteroatoms. The van der Waals surface area contributed by atoms with Gasteiger partial charge in [-0.25, -0.2) is 0 Å². The molecule has 100 valence electrons. The van der Waals surface area contributed by atoms with Crippen LogP contribution in [0.5, 0.6) is 0 Å². The Labute approximate surface area is 106 Å². The highest BCUT2D eigenvalue weighted by molar-refractivity contribution is 5.76. The molecule has 17 heavy (non-hydrogen) atoms. The molecule has 0 heterocycles. The molecular weight excluding hydrogens is 212 g/mol. The number of carbonyl (C=O) groups is 1. The monoisotopic (exact) mass is 240 g/mol. The van der Waals surface area contributed by atoms with E-state index in [2.05, 4.69) is 19.2 Å². The SMILES string of the molecule is CC(N)CCC(=O)NC1CCCC(C(C)C)C1. The van der Waals surface area contributed by atoms with E-state index in [1.165, 1.54) is 12.8 Å². The van der Waals surface area contributed by atoms with Gasteiger partial charge in [-0.05, 0) is 38.0 Å². The first-order chi connectivity index (χ1) is 7.99. The molecule has 0 saturated heterocycles. The quantitative estimate of drug-likeness (QED) is 0.775. The van der Waals surface area contributed by atoms with E-state index in [4.69, 9.17) is 5.73 Å². The number of nitrogens with one attached hydrogen (secondary N) is 1. The van der Waals surface area contributed by atoms with Crippen molar-refractivity contribution in [1.29, 1.82) is 0 Å². The average Bonchev–Trinajstić information content (AvgIpc) is 2.26. The van der Waals surface area contributed by atoms with Crippen molar-refractivity contribution in [3.05, 3.63) is 0 Å². The molecule has 3 nitrogen and oxygen atoms in total. The molecule has 0 spiro atoms. The maximum Gasteiger partial charge on any atom is 0.220 e. The second-order valence-corrected chi connectivity index (χ2v) is 5.95. The molecule has 0 aromatic heterocycles. The van der Waals surface area contributed by atoms with Crippen molar-refractivity contribution < 1.29 is 4.79 Å². The van der Waals surface area contributed by atoms with Crippen LogP contribution in [0.4, 0.5) is 0 Å². The minimum atomic E-state index is 0.121. The highest BCUT2D eigenvalue weighted by Crippen LogP contribution is 2.29. The van der Waals surface area contributed by atoms with E-state index in [-0.39, 0.29) is 11.9 Å². The van der Waals surface area contributed by atoms with E-state index >= 15 is 0 Å². The number of nitrogens with two attached hydrogens (primary N) is 1. The molecule has 3 unspecified atom stereocenters. The largest absolute Gasteiger partial charge is 0.353 e. The average molecular weight is 240 g/mol. The molecule has 0 aliphatic heterocycles. The van der Waals surface area contributed by atoms with E-state index in [0.717, 1.165) is 31.1 Å². The molecule has 0 aromatic carbocycles. The molecule has 0 radical (unpaired) electrons. The standard InChI is InChI=1S/C14H28N2O/c1-10(2)12-5-4-6-13(9-12)16-14(17)8-7-11(3)15/h10-13H,4-9,15H2,1-3H3,(H,16,17). The normalized spacial score (nSPS) is 26.9. The zero-order valence-corrected chi connectivity index (χ0v) is 11.5. The summed E-state index contributed by atoms with van der Waals surface area (Å²) in [5.74, 6) is 1.69. The minimum Gasteiger partial charge on any atom is -0.353 e. The minimum absolute atomic E-state index is 0.121. The Kier molecular flexibility index (Phi) is 5.96. The second kappa shape index (κ2) is 7.00. The maximum atomic E-state index is 11.7. The summed E-state index contributed by atoms with van der Waals surface area (Å²) in [7, 11) is 0. The van der Waals surface area contributed by atoms with E-state index in [9.17, 15) is 4.79 Å². The van der Waals surface area contributed by atoms with Gasteiger partial charge >= 0.3 is 0 Å². The predicted molar refractivity (Wildman–Crippen MR) is 71.6 cm³/mol. The molecule has 0 bridgehead atoms. The van der Waals surface area contributed by atoms with Crippen LogP contribution in [0, 0.1) is 11.8 Å². The molecule has 1 saturated carbocycles. The molecular formula is C14H28N2O. The molecule has 1 amide bonds. The third-order valence-electron chi connectivity index (χ3n) is 3.85. The summed E-state index contributed by atoms with van der Waals surface area (Å²) >= 11 is 0. The van der Waals surface area contributed by atoms with Gasteiger partial charge in [-0.15, -0.1) is 0 Å². The Bertz CT molecular complexity index is 238. The van der Waals surface area contributed by atoms with Crippen LogP contribution in [0.2, 0.25) is 0 Å². The van der Waals surface area contributed by atoms with Gasteiger partial charge in [-0.1, -0.05) is 26.7 Å². The highest BCUT2D eigenvalue weighted by Gasteiger charge is 2.24. The van der Waals surface area contributed by atoms with Crippen LogP contribution < -0.4 is 11.1 Å². The van der Waals surface area contributed by atoms with Crippen LogP contribution in [0.25, 0.3) is 0 Å². The first kappa shape index (κ1) is 14.5. The summed E-state index contributed by atoms with van der Waals surface area (Å²) in [5.41, 5.74) is 5.66. The highest BCUT2D eigenvalue weighted by atomic mass is 16.1. The van der Waals surface area contributed by atoms with Crippen molar-refractivity contribution in [1.82, 2.24) is 5.32 Å². The van der Waals surface area contributed by atoms with Gasteiger partial charge in [-0.2, -0.15) is 0 Å². The van der Waals surface area contributed by atoms with Gasteiger partial charge in [0.2, 0.25) is 5.91 Å². The Morgan fingerprint density at radius 3 is 2.65 bits per heavy atom. The number of amides is 1. The number of hydrogen-bond acceptors (Lipinski definition) is 2. The van der Waals surface area contributed by atoms with Gasteiger partial charge in [0.1, 0.15) is 0 Å². The van der Waals surface area contributed by atoms with Crippen LogP contribution in [-0.2, 0) is 4.79 Å². The van der Waals surface area contributed by atoms with Crippen molar-refractivity contribution >= 4 is 5.91 Å². The third-order valence-corrected chi connectivity index (χ3v) is 3.85. The smallest absolute Gasteiger partial charge is 0.220 e. The molecule has 3 atom stereocenters. The Hall–Kier alpha value is -0.570. The summed E-state index contributed by atoms with van der Waals surface area (Å²) in [6.45, 7) is 6.51. The van der Waals surface area contributed by atoms with Gasteiger partial charge in [0.25, 0.3) is 0 Å². The number of rotatable bonds is 5. The van der Waals surface area contributed by atoms with Gasteiger partial charge in [0.05, 0.1) is 0 Å². The van der Waals surface area contributed by atoms with E-state index in [1.54, 1.807) is 0 Å². The summed E-state index contributed by atoms with van der Waals surface area (Å²) in [6.07, 6.45) is 6.23. The van der Waals surface area contributed by atoms with Crippen LogP contribution in [0.15, 0.2) is 0 Å². The number of carbonyl (C=O) groups excluding carboxylic acids is 1. The lowest BCUT2D eigenvalue weighted by Gasteiger charge is -2.32. The zero-order valence-electron chi connectivity index (χ0n) is 11.5. The molecule has 0 aromatic rings.